The van der Waals surface area contributed by atoms with E-state index in [-0.39, 0.29) is 0 Å². The standard InChI is InChI=1S/C17H26N4/c1-11-5-6-15(7-11)9-18-13(3)16-10-19-17-8-12(2)20-21(17)14(16)4/h8,10-11,13,15,18H,5-7,9H2,1-4H3. The molecule has 4 nitrogen and oxygen atoms in total. The Labute approximate surface area is 127 Å². The van der Waals surface area contributed by atoms with E-state index in [4.69, 9.17) is 0 Å². The van der Waals surface area contributed by atoms with Gasteiger partial charge < -0.3 is 5.32 Å². The Morgan fingerprint density at radius 2 is 2.19 bits per heavy atom. The first-order valence-electron chi connectivity index (χ1n) is 8.10. The lowest BCUT2D eigenvalue weighted by atomic mass is 10.0. The molecule has 0 saturated heterocycles. The minimum Gasteiger partial charge on any atom is -0.310 e. The minimum atomic E-state index is 0.322. The van der Waals surface area contributed by atoms with Crippen LogP contribution in [0.3, 0.4) is 0 Å². The van der Waals surface area contributed by atoms with Gasteiger partial charge in [-0.25, -0.2) is 9.50 Å². The zero-order chi connectivity index (χ0) is 15.0. The molecule has 0 amide bonds. The van der Waals surface area contributed by atoms with Crippen molar-refractivity contribution in [3.05, 3.63) is 29.2 Å². The van der Waals surface area contributed by atoms with Gasteiger partial charge in [-0.1, -0.05) is 13.3 Å². The lowest BCUT2D eigenvalue weighted by Crippen LogP contribution is -2.26. The van der Waals surface area contributed by atoms with Gasteiger partial charge in [-0.3, -0.25) is 0 Å². The zero-order valence-corrected chi connectivity index (χ0v) is 13.6. The molecule has 1 aliphatic rings. The van der Waals surface area contributed by atoms with Crippen molar-refractivity contribution in [3.8, 4) is 0 Å². The van der Waals surface area contributed by atoms with Gasteiger partial charge >= 0.3 is 0 Å². The van der Waals surface area contributed by atoms with E-state index in [0.717, 1.165) is 29.7 Å². The summed E-state index contributed by atoms with van der Waals surface area (Å²) in [5.74, 6) is 1.74. The first kappa shape index (κ1) is 14.5. The van der Waals surface area contributed by atoms with E-state index in [1.807, 2.05) is 23.7 Å². The second-order valence-electron chi connectivity index (χ2n) is 6.77. The molecule has 0 bridgehead atoms. The van der Waals surface area contributed by atoms with Crippen LogP contribution in [0.5, 0.6) is 0 Å². The molecule has 3 unspecified atom stereocenters. The van der Waals surface area contributed by atoms with Gasteiger partial charge in [0, 0.05) is 29.6 Å². The number of aryl methyl sites for hydroxylation is 2. The van der Waals surface area contributed by atoms with E-state index < -0.39 is 0 Å². The van der Waals surface area contributed by atoms with Crippen LogP contribution in [-0.4, -0.2) is 21.1 Å². The molecule has 2 aromatic heterocycles. The van der Waals surface area contributed by atoms with Crippen molar-refractivity contribution >= 4 is 5.65 Å². The highest BCUT2D eigenvalue weighted by Crippen LogP contribution is 2.30. The summed E-state index contributed by atoms with van der Waals surface area (Å²) in [5.41, 5.74) is 4.39. The number of nitrogens with zero attached hydrogens (tertiary/aromatic N) is 3. The third-order valence-corrected chi connectivity index (χ3v) is 4.87. The van der Waals surface area contributed by atoms with Gasteiger partial charge in [-0.15, -0.1) is 0 Å². The zero-order valence-electron chi connectivity index (χ0n) is 13.6. The Bertz CT molecular complexity index is 631. The molecule has 0 radical (unpaired) electrons. The highest BCUT2D eigenvalue weighted by molar-refractivity contribution is 5.42. The number of hydrogen-bond acceptors (Lipinski definition) is 3. The Hall–Kier alpha value is -1.42. The first-order valence-corrected chi connectivity index (χ1v) is 8.10. The van der Waals surface area contributed by atoms with Crippen molar-refractivity contribution in [2.24, 2.45) is 11.8 Å². The molecule has 0 spiro atoms. The van der Waals surface area contributed by atoms with Crippen LogP contribution in [0.15, 0.2) is 12.3 Å². The van der Waals surface area contributed by atoms with Gasteiger partial charge in [-0.2, -0.15) is 5.10 Å². The van der Waals surface area contributed by atoms with E-state index in [1.54, 1.807) is 0 Å². The Kier molecular flexibility index (Phi) is 3.98. The van der Waals surface area contributed by atoms with Crippen molar-refractivity contribution in [3.63, 3.8) is 0 Å². The van der Waals surface area contributed by atoms with Gasteiger partial charge in [0.15, 0.2) is 5.65 Å². The Balaban J connectivity index is 1.72. The highest BCUT2D eigenvalue weighted by Gasteiger charge is 2.22. The van der Waals surface area contributed by atoms with E-state index >= 15 is 0 Å². The second-order valence-corrected chi connectivity index (χ2v) is 6.77. The second kappa shape index (κ2) is 5.76. The monoisotopic (exact) mass is 286 g/mol. The lowest BCUT2D eigenvalue weighted by molar-refractivity contribution is 0.438. The van der Waals surface area contributed by atoms with Crippen LogP contribution in [0.1, 0.15) is 56.1 Å². The van der Waals surface area contributed by atoms with Crippen molar-refractivity contribution in [2.45, 2.75) is 53.0 Å². The van der Waals surface area contributed by atoms with Gasteiger partial charge in [0.25, 0.3) is 0 Å². The summed E-state index contributed by atoms with van der Waals surface area (Å²) in [5, 5.41) is 8.22. The third-order valence-electron chi connectivity index (χ3n) is 4.87. The average Bonchev–Trinajstić information content (AvgIpc) is 3.02. The van der Waals surface area contributed by atoms with Crippen LogP contribution in [0, 0.1) is 25.7 Å². The molecule has 114 valence electrons. The summed E-state index contributed by atoms with van der Waals surface area (Å²) in [6.45, 7) is 9.85. The summed E-state index contributed by atoms with van der Waals surface area (Å²) < 4.78 is 1.96. The largest absolute Gasteiger partial charge is 0.310 e. The van der Waals surface area contributed by atoms with Crippen molar-refractivity contribution in [1.82, 2.24) is 19.9 Å². The summed E-state index contributed by atoms with van der Waals surface area (Å²) >= 11 is 0. The maximum Gasteiger partial charge on any atom is 0.155 e. The fraction of sp³-hybridized carbons (Fsp3) is 0.647. The quantitative estimate of drug-likeness (QED) is 0.936. The Morgan fingerprint density at radius 3 is 2.90 bits per heavy atom. The molecule has 0 aromatic carbocycles. The smallest absolute Gasteiger partial charge is 0.155 e. The van der Waals surface area contributed by atoms with Gasteiger partial charge in [-0.05, 0) is 52.0 Å². The number of aromatic nitrogens is 3. The van der Waals surface area contributed by atoms with Crippen LogP contribution in [-0.2, 0) is 0 Å². The van der Waals surface area contributed by atoms with Gasteiger partial charge in [0.2, 0.25) is 0 Å². The van der Waals surface area contributed by atoms with E-state index in [0.29, 0.717) is 6.04 Å². The topological polar surface area (TPSA) is 42.2 Å². The fourth-order valence-corrected chi connectivity index (χ4v) is 3.56. The molecule has 2 aromatic rings. The SMILES string of the molecule is Cc1cc2ncc(C(C)NCC3CCC(C)C3)c(C)n2n1. The van der Waals surface area contributed by atoms with Crippen LogP contribution >= 0.6 is 0 Å². The average molecular weight is 286 g/mol. The van der Waals surface area contributed by atoms with Crippen LogP contribution in [0.4, 0.5) is 0 Å². The molecule has 2 heterocycles. The number of nitrogens with one attached hydrogen (secondary N) is 1. The lowest BCUT2D eigenvalue weighted by Gasteiger charge is -2.19. The summed E-state index contributed by atoms with van der Waals surface area (Å²) in [4.78, 5) is 4.54. The predicted octanol–water partition coefficient (Wildman–Crippen LogP) is 3.43. The summed E-state index contributed by atoms with van der Waals surface area (Å²) in [6.07, 6.45) is 6.13. The maximum absolute atomic E-state index is 4.54. The van der Waals surface area contributed by atoms with Gasteiger partial charge in [0.05, 0.1) is 5.69 Å². The number of rotatable bonds is 4. The van der Waals surface area contributed by atoms with Crippen LogP contribution in [0.25, 0.3) is 5.65 Å². The summed E-state index contributed by atoms with van der Waals surface area (Å²) in [6, 6.07) is 2.34. The predicted molar refractivity (Wildman–Crippen MR) is 85.4 cm³/mol. The normalized spacial score (nSPS) is 23.8. The highest BCUT2D eigenvalue weighted by atomic mass is 15.3. The van der Waals surface area contributed by atoms with E-state index in [9.17, 15) is 0 Å². The summed E-state index contributed by atoms with van der Waals surface area (Å²) in [7, 11) is 0. The molecule has 1 N–H and O–H groups in total. The van der Waals surface area contributed by atoms with Crippen LogP contribution < -0.4 is 5.32 Å². The molecule has 1 fully saturated rings. The van der Waals surface area contributed by atoms with E-state index in [2.05, 4.69) is 36.2 Å². The van der Waals surface area contributed by atoms with E-state index in [1.165, 1.54) is 30.5 Å². The molecule has 4 heteroatoms. The molecular formula is C17H26N4. The Morgan fingerprint density at radius 1 is 1.38 bits per heavy atom. The minimum absolute atomic E-state index is 0.322. The molecule has 3 rings (SSSR count). The maximum atomic E-state index is 4.54. The molecule has 3 atom stereocenters. The van der Waals surface area contributed by atoms with Crippen molar-refractivity contribution < 1.29 is 0 Å². The molecule has 1 aliphatic carbocycles. The fourth-order valence-electron chi connectivity index (χ4n) is 3.56. The number of hydrogen-bond donors (Lipinski definition) is 1. The molecule has 1 saturated carbocycles. The molecule has 21 heavy (non-hydrogen) atoms. The first-order chi connectivity index (χ1) is 10.0. The molecule has 0 aliphatic heterocycles. The number of fused-ring (bicyclic) bond motifs is 1. The van der Waals surface area contributed by atoms with Crippen molar-refractivity contribution in [1.29, 1.82) is 0 Å². The van der Waals surface area contributed by atoms with Crippen molar-refractivity contribution in [2.75, 3.05) is 6.54 Å². The van der Waals surface area contributed by atoms with Gasteiger partial charge in [0.1, 0.15) is 0 Å². The molecular weight excluding hydrogens is 260 g/mol. The van der Waals surface area contributed by atoms with Crippen LogP contribution in [0.2, 0.25) is 0 Å². The third kappa shape index (κ3) is 2.95.